The quantitative estimate of drug-likeness (QED) is 0.647. The number of hydrogen-bond acceptors (Lipinski definition) is 6. The first-order valence-electron chi connectivity index (χ1n) is 8.30. The molecule has 0 aliphatic rings. The highest BCUT2D eigenvalue weighted by molar-refractivity contribution is 7.22. The predicted octanol–water partition coefficient (Wildman–Crippen LogP) is 4.48. The number of thiazole rings is 1. The topological polar surface area (TPSA) is 60.5 Å². The van der Waals surface area contributed by atoms with E-state index in [0.29, 0.717) is 17.9 Å². The largest absolute Gasteiger partial charge is 0.493 e. The third kappa shape index (κ3) is 5.20. The van der Waals surface area contributed by atoms with Crippen LogP contribution >= 0.6 is 11.3 Å². The van der Waals surface area contributed by atoms with E-state index in [1.807, 2.05) is 25.2 Å². The van der Waals surface area contributed by atoms with Gasteiger partial charge in [-0.25, -0.2) is 4.98 Å². The van der Waals surface area contributed by atoms with Crippen molar-refractivity contribution in [2.75, 3.05) is 26.6 Å². The fourth-order valence-electron chi connectivity index (χ4n) is 2.40. The number of benzene rings is 2. The zero-order chi connectivity index (χ0) is 18.9. The van der Waals surface area contributed by atoms with Gasteiger partial charge in [-0.3, -0.25) is 0 Å². The van der Waals surface area contributed by atoms with Crippen molar-refractivity contribution in [1.82, 2.24) is 4.98 Å². The fourth-order valence-corrected chi connectivity index (χ4v) is 3.32. The number of aryl methyl sites for hydroxylation is 2. The van der Waals surface area contributed by atoms with Crippen LogP contribution < -0.4 is 14.8 Å². The van der Waals surface area contributed by atoms with Crippen LogP contribution in [0.1, 0.15) is 17.5 Å². The summed E-state index contributed by atoms with van der Waals surface area (Å²) in [6.45, 7) is 2.10. The summed E-state index contributed by atoms with van der Waals surface area (Å²) in [7, 11) is 5.09. The van der Waals surface area contributed by atoms with Crippen LogP contribution in [0, 0.1) is 6.92 Å². The van der Waals surface area contributed by atoms with Crippen LogP contribution in [0.5, 0.6) is 11.5 Å². The van der Waals surface area contributed by atoms with E-state index in [0.717, 1.165) is 28.9 Å². The number of aldehydes is 1. The van der Waals surface area contributed by atoms with Gasteiger partial charge in [0.2, 0.25) is 0 Å². The van der Waals surface area contributed by atoms with Gasteiger partial charge in [0.25, 0.3) is 0 Å². The van der Waals surface area contributed by atoms with Crippen LogP contribution in [-0.2, 0) is 11.2 Å². The maximum absolute atomic E-state index is 10.2. The molecule has 138 valence electrons. The number of nitrogens with zero attached hydrogens (tertiary/aromatic N) is 1. The van der Waals surface area contributed by atoms with E-state index in [9.17, 15) is 4.79 Å². The molecule has 0 spiro atoms. The summed E-state index contributed by atoms with van der Waals surface area (Å²) < 4.78 is 11.5. The van der Waals surface area contributed by atoms with Crippen LogP contribution in [-0.4, -0.2) is 32.5 Å². The SMILES string of the molecule is CNc1nc2ccc(C)cc2s1.COc1ccc(CCC=O)cc1OC. The molecule has 0 fully saturated rings. The Morgan fingerprint density at radius 3 is 2.54 bits per heavy atom. The maximum Gasteiger partial charge on any atom is 0.183 e. The molecule has 0 saturated heterocycles. The second kappa shape index (κ2) is 9.77. The number of fused-ring (bicyclic) bond motifs is 1. The molecule has 6 heteroatoms. The van der Waals surface area contributed by atoms with E-state index in [1.54, 1.807) is 25.6 Å². The number of methoxy groups -OCH3 is 2. The first kappa shape index (κ1) is 19.7. The lowest BCUT2D eigenvalue weighted by Gasteiger charge is -2.08. The number of nitrogens with one attached hydrogen (secondary N) is 1. The molecule has 0 aliphatic carbocycles. The molecule has 5 nitrogen and oxygen atoms in total. The van der Waals surface area contributed by atoms with Gasteiger partial charge < -0.3 is 19.6 Å². The van der Waals surface area contributed by atoms with Gasteiger partial charge in [0.1, 0.15) is 6.29 Å². The number of carbonyl (C=O) groups is 1. The number of hydrogen-bond donors (Lipinski definition) is 1. The number of ether oxygens (including phenoxy) is 2. The average Bonchev–Trinajstić information content (AvgIpc) is 3.08. The van der Waals surface area contributed by atoms with Crippen molar-refractivity contribution in [2.24, 2.45) is 0 Å². The molecule has 0 saturated carbocycles. The molecular formula is C20H24N2O3S. The Morgan fingerprint density at radius 1 is 1.12 bits per heavy atom. The molecule has 3 aromatic rings. The zero-order valence-corrected chi connectivity index (χ0v) is 16.4. The standard InChI is InChI=1S/C11H14O3.C9H10N2S/c1-13-10-6-5-9(4-3-7-12)8-11(10)14-2;1-6-3-4-7-8(5-6)12-9(10-2)11-7/h5-8H,3-4H2,1-2H3;3-5H,1-2H3,(H,10,11). The Labute approximate surface area is 158 Å². The Kier molecular flexibility index (Phi) is 7.41. The Hall–Kier alpha value is -2.60. The lowest BCUT2D eigenvalue weighted by atomic mass is 10.1. The van der Waals surface area contributed by atoms with Crippen LogP contribution in [0.15, 0.2) is 36.4 Å². The minimum absolute atomic E-state index is 0.537. The molecule has 3 rings (SSSR count). The number of anilines is 1. The smallest absolute Gasteiger partial charge is 0.183 e. The van der Waals surface area contributed by atoms with E-state index in [1.165, 1.54) is 10.3 Å². The molecule has 0 amide bonds. The van der Waals surface area contributed by atoms with Gasteiger partial charge in [-0.15, -0.1) is 0 Å². The first-order valence-corrected chi connectivity index (χ1v) is 9.12. The van der Waals surface area contributed by atoms with Crippen molar-refractivity contribution in [3.63, 3.8) is 0 Å². The molecular weight excluding hydrogens is 348 g/mol. The van der Waals surface area contributed by atoms with E-state index < -0.39 is 0 Å². The number of aromatic nitrogens is 1. The van der Waals surface area contributed by atoms with Crippen molar-refractivity contribution in [1.29, 1.82) is 0 Å². The highest BCUT2D eigenvalue weighted by Crippen LogP contribution is 2.28. The minimum atomic E-state index is 0.537. The third-order valence-corrected chi connectivity index (χ3v) is 4.79. The Morgan fingerprint density at radius 2 is 1.88 bits per heavy atom. The van der Waals surface area contributed by atoms with E-state index in [-0.39, 0.29) is 0 Å². The lowest BCUT2D eigenvalue weighted by Crippen LogP contribution is -1.93. The van der Waals surface area contributed by atoms with E-state index in [2.05, 4.69) is 35.4 Å². The second-order valence-corrected chi connectivity index (χ2v) is 6.67. The predicted molar refractivity (Wildman–Crippen MR) is 108 cm³/mol. The summed E-state index contributed by atoms with van der Waals surface area (Å²) >= 11 is 1.69. The molecule has 0 aliphatic heterocycles. The number of carbonyl (C=O) groups excluding carboxylic acids is 1. The summed E-state index contributed by atoms with van der Waals surface area (Å²) in [4.78, 5) is 14.6. The van der Waals surface area contributed by atoms with Gasteiger partial charge in [-0.05, 0) is 48.7 Å². The highest BCUT2D eigenvalue weighted by Gasteiger charge is 2.03. The van der Waals surface area contributed by atoms with Crippen molar-refractivity contribution in [3.05, 3.63) is 47.5 Å². The lowest BCUT2D eigenvalue weighted by molar-refractivity contribution is -0.107. The second-order valence-electron chi connectivity index (χ2n) is 5.63. The van der Waals surface area contributed by atoms with Gasteiger partial charge in [-0.2, -0.15) is 0 Å². The summed E-state index contributed by atoms with van der Waals surface area (Å²) in [5, 5.41) is 4.03. The fraction of sp³-hybridized carbons (Fsp3) is 0.300. The molecule has 1 aromatic heterocycles. The molecule has 0 unspecified atom stereocenters. The first-order chi connectivity index (χ1) is 12.6. The van der Waals surface area contributed by atoms with Crippen molar-refractivity contribution < 1.29 is 14.3 Å². The van der Waals surface area contributed by atoms with Gasteiger partial charge in [-0.1, -0.05) is 23.5 Å². The van der Waals surface area contributed by atoms with Crippen molar-refractivity contribution in [2.45, 2.75) is 19.8 Å². The monoisotopic (exact) mass is 372 g/mol. The van der Waals surface area contributed by atoms with Gasteiger partial charge >= 0.3 is 0 Å². The van der Waals surface area contributed by atoms with Crippen molar-refractivity contribution in [3.8, 4) is 11.5 Å². The Bertz CT molecular complexity index is 861. The summed E-state index contributed by atoms with van der Waals surface area (Å²) in [5.74, 6) is 1.42. The average molecular weight is 372 g/mol. The summed E-state index contributed by atoms with van der Waals surface area (Å²) in [5.41, 5.74) is 3.44. The van der Waals surface area contributed by atoms with Crippen LogP contribution in [0.3, 0.4) is 0 Å². The molecule has 0 atom stereocenters. The van der Waals surface area contributed by atoms with E-state index >= 15 is 0 Å². The molecule has 1 N–H and O–H groups in total. The molecule has 0 bridgehead atoms. The summed E-state index contributed by atoms with van der Waals surface area (Å²) in [6.07, 6.45) is 2.19. The maximum atomic E-state index is 10.2. The van der Waals surface area contributed by atoms with Gasteiger partial charge in [0.05, 0.1) is 24.4 Å². The van der Waals surface area contributed by atoms with Gasteiger partial charge in [0, 0.05) is 13.5 Å². The van der Waals surface area contributed by atoms with Crippen LogP contribution in [0.4, 0.5) is 5.13 Å². The highest BCUT2D eigenvalue weighted by atomic mass is 32.1. The van der Waals surface area contributed by atoms with Gasteiger partial charge in [0.15, 0.2) is 16.6 Å². The minimum Gasteiger partial charge on any atom is -0.493 e. The van der Waals surface area contributed by atoms with Crippen molar-refractivity contribution >= 4 is 33.0 Å². The molecule has 1 heterocycles. The zero-order valence-electron chi connectivity index (χ0n) is 15.5. The summed E-state index contributed by atoms with van der Waals surface area (Å²) in [6, 6.07) is 12.0. The van der Waals surface area contributed by atoms with Crippen LogP contribution in [0.2, 0.25) is 0 Å². The molecule has 0 radical (unpaired) electrons. The number of rotatable bonds is 6. The van der Waals surface area contributed by atoms with Crippen LogP contribution in [0.25, 0.3) is 10.2 Å². The molecule has 2 aromatic carbocycles. The van der Waals surface area contributed by atoms with E-state index in [4.69, 9.17) is 9.47 Å². The molecule has 26 heavy (non-hydrogen) atoms. The third-order valence-electron chi connectivity index (χ3n) is 3.76. The normalized spacial score (nSPS) is 10.0. The Balaban J connectivity index is 0.000000189.